The van der Waals surface area contributed by atoms with Gasteiger partial charge in [-0.1, -0.05) is 0 Å². The van der Waals surface area contributed by atoms with Crippen LogP contribution in [0.3, 0.4) is 0 Å². The van der Waals surface area contributed by atoms with Crippen LogP contribution in [0, 0.1) is 6.61 Å². The fourth-order valence-corrected chi connectivity index (χ4v) is 3.73. The second-order valence-corrected chi connectivity index (χ2v) is 6.09. The molecule has 2 spiro atoms. The second kappa shape index (κ2) is 5.18. The third-order valence-corrected chi connectivity index (χ3v) is 4.93. The van der Waals surface area contributed by atoms with Crippen LogP contribution < -0.4 is 4.74 Å². The van der Waals surface area contributed by atoms with Gasteiger partial charge in [-0.25, -0.2) is 0 Å². The number of carbonyl (C=O) groups excluding carboxylic acids is 1. The van der Waals surface area contributed by atoms with Crippen molar-refractivity contribution < 1.29 is 19.0 Å². The molecule has 22 heavy (non-hydrogen) atoms. The van der Waals surface area contributed by atoms with Crippen LogP contribution in [0.2, 0.25) is 0 Å². The van der Waals surface area contributed by atoms with Crippen LogP contribution in [-0.2, 0) is 19.7 Å². The Morgan fingerprint density at radius 1 is 1.14 bits per heavy atom. The molecule has 1 aromatic carbocycles. The largest absolute Gasteiger partial charge is 0.479 e. The number of rotatable bonds is 3. The third kappa shape index (κ3) is 2.16. The van der Waals surface area contributed by atoms with E-state index in [1.54, 1.807) is 0 Å². The summed E-state index contributed by atoms with van der Waals surface area (Å²) in [7, 11) is 0. The normalized spacial score (nSPS) is 23.8. The van der Waals surface area contributed by atoms with Gasteiger partial charge in [-0.15, -0.1) is 0 Å². The summed E-state index contributed by atoms with van der Waals surface area (Å²) in [6.45, 7) is 2.54. The van der Waals surface area contributed by atoms with E-state index in [2.05, 4.69) is 11.2 Å². The molecule has 1 radical (unpaired) electrons. The molecule has 2 aliphatic heterocycles. The molecule has 0 atom stereocenters. The fourth-order valence-electron chi connectivity index (χ4n) is 3.73. The smallest absolute Gasteiger partial charge is 0.197 e. The van der Waals surface area contributed by atoms with Crippen LogP contribution >= 0.6 is 0 Å². The molecule has 1 saturated heterocycles. The number of fused-ring (bicyclic) bond motifs is 2. The van der Waals surface area contributed by atoms with Crippen LogP contribution in [0.1, 0.15) is 31.2 Å². The third-order valence-electron chi connectivity index (χ3n) is 4.93. The van der Waals surface area contributed by atoms with Gasteiger partial charge in [0.05, 0.1) is 18.9 Å². The van der Waals surface area contributed by atoms with Gasteiger partial charge < -0.3 is 14.2 Å². The lowest BCUT2D eigenvalue weighted by Crippen LogP contribution is -2.42. The lowest BCUT2D eigenvalue weighted by atomic mass is 9.69. The molecule has 1 aromatic rings. The maximum Gasteiger partial charge on any atom is 0.197 e. The first-order chi connectivity index (χ1) is 10.8. The van der Waals surface area contributed by atoms with Gasteiger partial charge in [0.1, 0.15) is 5.75 Å². The van der Waals surface area contributed by atoms with E-state index in [1.165, 1.54) is 5.56 Å². The first-order valence-corrected chi connectivity index (χ1v) is 7.67. The molecule has 3 aliphatic rings. The number of ether oxygens (including phenoxy) is 3. The highest BCUT2D eigenvalue weighted by Crippen LogP contribution is 2.51. The predicted octanol–water partition coefficient (Wildman–Crippen LogP) is 2.70. The average Bonchev–Trinajstić information content (AvgIpc) is 3.15. The molecule has 1 saturated carbocycles. The first kappa shape index (κ1) is 13.9. The molecule has 0 bridgehead atoms. The van der Waals surface area contributed by atoms with E-state index >= 15 is 0 Å². The lowest BCUT2D eigenvalue weighted by Gasteiger charge is -2.40. The number of hydrogen-bond donors (Lipinski definition) is 0. The topological polar surface area (TPSA) is 57.1 Å². The van der Waals surface area contributed by atoms with Crippen molar-refractivity contribution in [1.29, 1.82) is 0 Å². The van der Waals surface area contributed by atoms with Crippen molar-refractivity contribution in [2.75, 3.05) is 13.2 Å². The number of carbonyl (C=O) groups is 1. The van der Waals surface area contributed by atoms with Gasteiger partial charge in [-0.05, 0) is 36.6 Å². The van der Waals surface area contributed by atoms with E-state index in [0.717, 1.165) is 38.0 Å². The molecule has 0 aromatic heterocycles. The number of aldehydes is 1. The Kier molecular flexibility index (Phi) is 3.27. The first-order valence-electron chi connectivity index (χ1n) is 7.67. The standard InChI is InChI=1S/C17H18NO4/c19-7-8-20-13-1-2-15-14(11-13)16(12-18-15)3-5-17(6-4-16)21-9-10-22-17/h1-2,7-8,11-12H,3-6,9-10H2. The molecule has 115 valence electrons. The summed E-state index contributed by atoms with van der Waals surface area (Å²) < 4.78 is 16.9. The molecule has 0 unspecified atom stereocenters. The highest BCUT2D eigenvalue weighted by atomic mass is 16.7. The van der Waals surface area contributed by atoms with Crippen molar-refractivity contribution in [2.24, 2.45) is 4.99 Å². The zero-order valence-corrected chi connectivity index (χ0v) is 12.3. The Bertz CT molecular complexity index is 609. The maximum absolute atomic E-state index is 10.4. The molecular formula is C17H18NO4. The zero-order chi connectivity index (χ0) is 15.0. The highest BCUT2D eigenvalue weighted by Gasteiger charge is 2.48. The average molecular weight is 300 g/mol. The van der Waals surface area contributed by atoms with E-state index in [1.807, 2.05) is 18.2 Å². The Morgan fingerprint density at radius 2 is 1.91 bits per heavy atom. The summed E-state index contributed by atoms with van der Waals surface area (Å²) in [4.78, 5) is 15.0. The number of hydrogen-bond acceptors (Lipinski definition) is 5. The fraction of sp³-hybridized carbons (Fsp3) is 0.471. The van der Waals surface area contributed by atoms with E-state index in [4.69, 9.17) is 14.2 Å². The summed E-state index contributed by atoms with van der Waals surface area (Å²) >= 11 is 0. The zero-order valence-electron chi connectivity index (χ0n) is 12.3. The molecule has 5 nitrogen and oxygen atoms in total. The summed E-state index contributed by atoms with van der Waals surface area (Å²) in [5.74, 6) is 0.297. The van der Waals surface area contributed by atoms with Crippen molar-refractivity contribution in [3.63, 3.8) is 0 Å². The number of benzene rings is 1. The molecule has 2 heterocycles. The van der Waals surface area contributed by atoms with Gasteiger partial charge in [0.15, 0.2) is 18.7 Å². The summed E-state index contributed by atoms with van der Waals surface area (Å²) in [6, 6.07) is 5.78. The lowest BCUT2D eigenvalue weighted by molar-refractivity contribution is -0.181. The minimum atomic E-state index is -0.374. The van der Waals surface area contributed by atoms with Gasteiger partial charge in [0, 0.05) is 24.5 Å². The molecular weight excluding hydrogens is 282 g/mol. The summed E-state index contributed by atoms with van der Waals surface area (Å²) in [6.07, 6.45) is 6.36. The molecule has 4 rings (SSSR count). The van der Waals surface area contributed by atoms with Crippen molar-refractivity contribution >= 4 is 18.2 Å². The van der Waals surface area contributed by atoms with Gasteiger partial charge in [0.2, 0.25) is 0 Å². The SMILES string of the molecule is O=C[CH]Oc1ccc2c(c1)C1(C=N2)CCC2(CC1)OCCO2. The van der Waals surface area contributed by atoms with Crippen LogP contribution in [0.5, 0.6) is 5.75 Å². The van der Waals surface area contributed by atoms with Gasteiger partial charge >= 0.3 is 0 Å². The molecule has 1 aliphatic carbocycles. The molecule has 0 N–H and O–H groups in total. The van der Waals surface area contributed by atoms with Crippen LogP contribution in [0.4, 0.5) is 5.69 Å². The second-order valence-electron chi connectivity index (χ2n) is 6.09. The Labute approximate surface area is 129 Å². The Morgan fingerprint density at radius 3 is 2.64 bits per heavy atom. The van der Waals surface area contributed by atoms with Crippen molar-refractivity contribution in [3.8, 4) is 5.75 Å². The van der Waals surface area contributed by atoms with Crippen LogP contribution in [-0.4, -0.2) is 31.5 Å². The Hall–Kier alpha value is -1.72. The summed E-state index contributed by atoms with van der Waals surface area (Å²) in [5, 5.41) is 0. The maximum atomic E-state index is 10.4. The van der Waals surface area contributed by atoms with Crippen LogP contribution in [0.15, 0.2) is 23.2 Å². The van der Waals surface area contributed by atoms with Crippen LogP contribution in [0.25, 0.3) is 0 Å². The minimum absolute atomic E-state index is 0.0591. The Balaban J connectivity index is 1.58. The van der Waals surface area contributed by atoms with E-state index in [9.17, 15) is 4.79 Å². The summed E-state index contributed by atoms with van der Waals surface area (Å²) in [5.41, 5.74) is 2.11. The van der Waals surface area contributed by atoms with E-state index in [-0.39, 0.29) is 11.2 Å². The minimum Gasteiger partial charge on any atom is -0.479 e. The number of aliphatic imine (C=N–C) groups is 1. The highest BCUT2D eigenvalue weighted by molar-refractivity contribution is 5.85. The van der Waals surface area contributed by atoms with Crippen molar-refractivity contribution in [3.05, 3.63) is 30.4 Å². The van der Waals surface area contributed by atoms with Gasteiger partial charge in [-0.2, -0.15) is 0 Å². The van der Waals surface area contributed by atoms with Gasteiger partial charge in [-0.3, -0.25) is 9.79 Å². The van der Waals surface area contributed by atoms with Gasteiger partial charge in [0.25, 0.3) is 0 Å². The van der Waals surface area contributed by atoms with E-state index in [0.29, 0.717) is 25.2 Å². The van der Waals surface area contributed by atoms with Crippen molar-refractivity contribution in [2.45, 2.75) is 36.9 Å². The molecule has 0 amide bonds. The van der Waals surface area contributed by atoms with E-state index < -0.39 is 0 Å². The molecule has 2 fully saturated rings. The quantitative estimate of drug-likeness (QED) is 0.805. The monoisotopic (exact) mass is 300 g/mol. The van der Waals surface area contributed by atoms with Crippen molar-refractivity contribution in [1.82, 2.24) is 0 Å². The predicted molar refractivity (Wildman–Crippen MR) is 80.4 cm³/mol. The molecule has 5 heteroatoms. The number of nitrogens with zero attached hydrogens (tertiary/aromatic N) is 1.